The largest absolute Gasteiger partial charge is 0.310 e. The van der Waals surface area contributed by atoms with E-state index >= 15 is 0 Å². The van der Waals surface area contributed by atoms with Crippen LogP contribution in [0.15, 0.2) is 121 Å². The minimum absolute atomic E-state index is 0.0650. The first-order chi connectivity index (χ1) is 20.3. The van der Waals surface area contributed by atoms with Crippen LogP contribution in [0.25, 0.3) is 33.0 Å². The van der Waals surface area contributed by atoms with Crippen molar-refractivity contribution in [2.45, 2.75) is 45.4 Å². The Labute approximate surface area is 249 Å². The summed E-state index contributed by atoms with van der Waals surface area (Å²) in [5.74, 6) is 0. The molecule has 8 rings (SSSR count). The third-order valence-electron chi connectivity index (χ3n) is 10.0. The number of nitrogens with zero attached hydrogens (tertiary/aromatic N) is 1. The Kier molecular flexibility index (Phi) is 5.20. The number of hydrogen-bond acceptors (Lipinski definition) is 1. The Balaban J connectivity index is 1.38. The first-order valence-corrected chi connectivity index (χ1v) is 15.0. The molecule has 6 aromatic rings. The van der Waals surface area contributed by atoms with Gasteiger partial charge in [0.05, 0.1) is 5.69 Å². The third kappa shape index (κ3) is 3.37. The van der Waals surface area contributed by atoms with E-state index < -0.39 is 0 Å². The smallest absolute Gasteiger partial charge is 0.0540 e. The highest BCUT2D eigenvalue weighted by atomic mass is 15.1. The zero-order valence-corrected chi connectivity index (χ0v) is 25.0. The highest BCUT2D eigenvalue weighted by Gasteiger charge is 2.37. The quantitative estimate of drug-likeness (QED) is 0.215. The van der Waals surface area contributed by atoms with Crippen molar-refractivity contribution >= 4 is 27.8 Å². The Hall–Kier alpha value is -4.62. The Morgan fingerprint density at radius 2 is 0.905 bits per heavy atom. The van der Waals surface area contributed by atoms with Gasteiger partial charge in [0.15, 0.2) is 0 Å². The summed E-state index contributed by atoms with van der Waals surface area (Å²) in [4.78, 5) is 2.49. The van der Waals surface area contributed by atoms with E-state index in [-0.39, 0.29) is 10.8 Å². The molecule has 1 heteroatoms. The van der Waals surface area contributed by atoms with Gasteiger partial charge in [-0.15, -0.1) is 0 Å². The third-order valence-corrected chi connectivity index (χ3v) is 10.0. The lowest BCUT2D eigenvalue weighted by Crippen LogP contribution is -2.18. The molecule has 2 aliphatic carbocycles. The van der Waals surface area contributed by atoms with Crippen molar-refractivity contribution in [1.82, 2.24) is 0 Å². The second kappa shape index (κ2) is 8.69. The topological polar surface area (TPSA) is 3.24 Å². The van der Waals surface area contributed by atoms with Gasteiger partial charge in [-0.2, -0.15) is 0 Å². The van der Waals surface area contributed by atoms with E-state index in [2.05, 4.69) is 161 Å². The monoisotopic (exact) mass is 541 g/mol. The summed E-state index contributed by atoms with van der Waals surface area (Å²) in [6, 6.07) is 45.4. The van der Waals surface area contributed by atoms with E-state index in [9.17, 15) is 0 Å². The molecule has 0 saturated carbocycles. The highest BCUT2D eigenvalue weighted by molar-refractivity contribution is 6.01. The molecule has 0 radical (unpaired) electrons. The van der Waals surface area contributed by atoms with Crippen molar-refractivity contribution in [1.29, 1.82) is 0 Å². The summed E-state index contributed by atoms with van der Waals surface area (Å²) in [6.07, 6.45) is 0. The molecule has 0 atom stereocenters. The molecule has 0 bridgehead atoms. The summed E-state index contributed by atoms with van der Waals surface area (Å²) >= 11 is 0. The molecule has 0 unspecified atom stereocenters. The predicted molar refractivity (Wildman–Crippen MR) is 178 cm³/mol. The fourth-order valence-corrected chi connectivity index (χ4v) is 7.74. The van der Waals surface area contributed by atoms with Crippen LogP contribution in [0.4, 0.5) is 17.1 Å². The molecule has 2 aliphatic rings. The Morgan fingerprint density at radius 3 is 1.48 bits per heavy atom. The van der Waals surface area contributed by atoms with E-state index in [1.165, 1.54) is 77.9 Å². The van der Waals surface area contributed by atoms with Gasteiger partial charge in [0.1, 0.15) is 0 Å². The maximum Gasteiger partial charge on any atom is 0.0540 e. The zero-order valence-electron chi connectivity index (χ0n) is 25.0. The lowest BCUT2D eigenvalue weighted by molar-refractivity contribution is 0.660. The molecule has 0 aliphatic heterocycles. The van der Waals surface area contributed by atoms with Crippen LogP contribution in [0.2, 0.25) is 0 Å². The molecule has 0 saturated heterocycles. The fraction of sp³-hybridized carbons (Fsp3) is 0.171. The molecule has 0 fully saturated rings. The summed E-state index contributed by atoms with van der Waals surface area (Å²) in [6.45, 7) is 11.7. The van der Waals surface area contributed by atoms with Crippen LogP contribution in [0.5, 0.6) is 0 Å². The number of hydrogen-bond donors (Lipinski definition) is 0. The SMILES string of the molecule is Cc1cccc2c(N(c3ccc4c(c3)C(C)(C)c3ccccc3-4)c3ccc4c(c3)C(C)(C)c3ccccc3-4)cccc12. The van der Waals surface area contributed by atoms with Gasteiger partial charge >= 0.3 is 0 Å². The van der Waals surface area contributed by atoms with E-state index in [4.69, 9.17) is 0 Å². The average Bonchev–Trinajstić information content (AvgIpc) is 3.37. The molecular weight excluding hydrogens is 506 g/mol. The second-order valence-corrected chi connectivity index (χ2v) is 13.1. The highest BCUT2D eigenvalue weighted by Crippen LogP contribution is 2.53. The number of rotatable bonds is 3. The van der Waals surface area contributed by atoms with Gasteiger partial charge in [-0.25, -0.2) is 0 Å². The van der Waals surface area contributed by atoms with Crippen LogP contribution >= 0.6 is 0 Å². The molecule has 204 valence electrons. The first-order valence-electron chi connectivity index (χ1n) is 15.0. The molecule has 42 heavy (non-hydrogen) atoms. The first kappa shape index (κ1) is 25.1. The van der Waals surface area contributed by atoms with E-state index in [0.717, 1.165) is 0 Å². The van der Waals surface area contributed by atoms with Crippen LogP contribution in [-0.4, -0.2) is 0 Å². The normalized spacial score (nSPS) is 15.2. The Morgan fingerprint density at radius 1 is 0.429 bits per heavy atom. The van der Waals surface area contributed by atoms with Crippen molar-refractivity contribution in [3.05, 3.63) is 149 Å². The zero-order chi connectivity index (χ0) is 28.8. The minimum Gasteiger partial charge on any atom is -0.310 e. The van der Waals surface area contributed by atoms with Crippen LogP contribution in [-0.2, 0) is 10.8 Å². The van der Waals surface area contributed by atoms with Gasteiger partial charge in [0.2, 0.25) is 0 Å². The molecule has 0 amide bonds. The molecule has 6 aromatic carbocycles. The van der Waals surface area contributed by atoms with Gasteiger partial charge in [-0.1, -0.05) is 119 Å². The maximum atomic E-state index is 2.49. The predicted octanol–water partition coefficient (Wildman–Crippen LogP) is 11.2. The molecular formula is C41H35N. The van der Waals surface area contributed by atoms with Crippen LogP contribution < -0.4 is 4.90 Å². The maximum absolute atomic E-state index is 2.49. The summed E-state index contributed by atoms with van der Waals surface area (Å²) < 4.78 is 0. The summed E-state index contributed by atoms with van der Waals surface area (Å²) in [5.41, 5.74) is 15.7. The van der Waals surface area contributed by atoms with Gasteiger partial charge < -0.3 is 4.90 Å². The van der Waals surface area contributed by atoms with Crippen LogP contribution in [0.3, 0.4) is 0 Å². The summed E-state index contributed by atoms with van der Waals surface area (Å²) in [7, 11) is 0. The molecule has 0 N–H and O–H groups in total. The minimum atomic E-state index is -0.0650. The van der Waals surface area contributed by atoms with Gasteiger partial charge in [0, 0.05) is 27.6 Å². The van der Waals surface area contributed by atoms with E-state index in [0.29, 0.717) is 0 Å². The van der Waals surface area contributed by atoms with Crippen molar-refractivity contribution < 1.29 is 0 Å². The second-order valence-electron chi connectivity index (χ2n) is 13.1. The Bertz CT molecular complexity index is 1950. The average molecular weight is 542 g/mol. The number of benzene rings is 6. The van der Waals surface area contributed by atoms with Gasteiger partial charge in [-0.3, -0.25) is 0 Å². The van der Waals surface area contributed by atoms with Gasteiger partial charge in [0.25, 0.3) is 0 Å². The van der Waals surface area contributed by atoms with Crippen molar-refractivity contribution in [2.75, 3.05) is 4.90 Å². The van der Waals surface area contributed by atoms with Crippen molar-refractivity contribution in [3.8, 4) is 22.3 Å². The number of anilines is 3. The number of fused-ring (bicyclic) bond motifs is 7. The lowest BCUT2D eigenvalue weighted by atomic mass is 9.82. The van der Waals surface area contributed by atoms with Gasteiger partial charge in [-0.05, 0) is 92.7 Å². The van der Waals surface area contributed by atoms with Crippen LogP contribution in [0.1, 0.15) is 55.5 Å². The lowest BCUT2D eigenvalue weighted by Gasteiger charge is -2.30. The molecule has 0 spiro atoms. The van der Waals surface area contributed by atoms with E-state index in [1.54, 1.807) is 0 Å². The summed E-state index contributed by atoms with van der Waals surface area (Å²) in [5, 5.41) is 2.56. The number of aryl methyl sites for hydroxylation is 1. The van der Waals surface area contributed by atoms with E-state index in [1.807, 2.05) is 0 Å². The van der Waals surface area contributed by atoms with Crippen molar-refractivity contribution in [3.63, 3.8) is 0 Å². The van der Waals surface area contributed by atoms with Crippen LogP contribution in [0, 0.1) is 6.92 Å². The van der Waals surface area contributed by atoms with Crippen molar-refractivity contribution in [2.24, 2.45) is 0 Å². The standard InChI is InChI=1S/C41H35N/c1-26-12-10-16-34-29(26)15-11-19-39(34)42(27-20-22-32-30-13-6-8-17-35(30)40(2,3)37(32)24-27)28-21-23-33-31-14-7-9-18-36(31)41(4,5)38(33)25-28/h6-25H,1-5H3. The molecule has 0 aromatic heterocycles. The fourth-order valence-electron chi connectivity index (χ4n) is 7.74. The molecule has 0 heterocycles. The molecule has 1 nitrogen and oxygen atoms in total.